The van der Waals surface area contributed by atoms with E-state index >= 15 is 0 Å². The molecule has 0 bridgehead atoms. The standard InChI is InChI=1S/C15H16BrFN4/c16-11-9-18-15(19-10-11)21-7-5-12(6-8-21)20-14-4-2-1-3-13(14)17/h1-4,9-10,12,20H,5-8H2. The van der Waals surface area contributed by atoms with Crippen molar-refractivity contribution in [2.24, 2.45) is 0 Å². The van der Waals surface area contributed by atoms with Gasteiger partial charge in [-0.2, -0.15) is 0 Å². The van der Waals surface area contributed by atoms with Crippen molar-refractivity contribution in [1.82, 2.24) is 9.97 Å². The highest BCUT2D eigenvalue weighted by Crippen LogP contribution is 2.21. The van der Waals surface area contributed by atoms with Crippen molar-refractivity contribution in [3.63, 3.8) is 0 Å². The van der Waals surface area contributed by atoms with Gasteiger partial charge >= 0.3 is 0 Å². The largest absolute Gasteiger partial charge is 0.380 e. The Kier molecular flexibility index (Phi) is 4.34. The molecular formula is C15H16BrFN4. The van der Waals surface area contributed by atoms with E-state index in [-0.39, 0.29) is 11.9 Å². The average Bonchev–Trinajstić information content (AvgIpc) is 2.51. The molecule has 0 unspecified atom stereocenters. The maximum absolute atomic E-state index is 13.6. The lowest BCUT2D eigenvalue weighted by Gasteiger charge is -2.32. The van der Waals surface area contributed by atoms with Gasteiger partial charge in [0, 0.05) is 31.5 Å². The van der Waals surface area contributed by atoms with Crippen LogP contribution in [0.25, 0.3) is 0 Å². The van der Waals surface area contributed by atoms with Crippen LogP contribution in [0.3, 0.4) is 0 Å². The molecule has 1 fully saturated rings. The van der Waals surface area contributed by atoms with Crippen LogP contribution < -0.4 is 10.2 Å². The Morgan fingerprint density at radius 3 is 2.48 bits per heavy atom. The Balaban J connectivity index is 1.58. The molecule has 1 aromatic carbocycles. The number of aromatic nitrogens is 2. The van der Waals surface area contributed by atoms with E-state index in [4.69, 9.17) is 0 Å². The Hall–Kier alpha value is -1.69. The van der Waals surface area contributed by atoms with Crippen LogP contribution in [0.5, 0.6) is 0 Å². The van der Waals surface area contributed by atoms with Gasteiger partial charge in [0.25, 0.3) is 0 Å². The van der Waals surface area contributed by atoms with Crippen LogP contribution in [0.1, 0.15) is 12.8 Å². The van der Waals surface area contributed by atoms with Gasteiger partial charge in [-0.25, -0.2) is 14.4 Å². The van der Waals surface area contributed by atoms with Crippen LogP contribution in [-0.2, 0) is 0 Å². The minimum atomic E-state index is -0.198. The fraction of sp³-hybridized carbons (Fsp3) is 0.333. The lowest BCUT2D eigenvalue weighted by atomic mass is 10.0. The van der Waals surface area contributed by atoms with Gasteiger partial charge < -0.3 is 10.2 Å². The van der Waals surface area contributed by atoms with Gasteiger partial charge in [0.2, 0.25) is 5.95 Å². The van der Waals surface area contributed by atoms with Gasteiger partial charge in [-0.1, -0.05) is 12.1 Å². The van der Waals surface area contributed by atoms with Crippen molar-refractivity contribution in [2.75, 3.05) is 23.3 Å². The highest BCUT2D eigenvalue weighted by atomic mass is 79.9. The third-order valence-corrected chi connectivity index (χ3v) is 4.03. The minimum Gasteiger partial charge on any atom is -0.380 e. The number of hydrogen-bond donors (Lipinski definition) is 1. The molecule has 2 aromatic rings. The van der Waals surface area contributed by atoms with Gasteiger partial charge in [-0.3, -0.25) is 0 Å². The first-order chi connectivity index (χ1) is 10.2. The minimum absolute atomic E-state index is 0.198. The number of rotatable bonds is 3. The van der Waals surface area contributed by atoms with Gasteiger partial charge in [-0.05, 0) is 40.9 Å². The Labute approximate surface area is 131 Å². The van der Waals surface area contributed by atoms with Crippen molar-refractivity contribution in [1.29, 1.82) is 0 Å². The number of nitrogens with zero attached hydrogens (tertiary/aromatic N) is 3. The number of halogens is 2. The molecule has 6 heteroatoms. The Morgan fingerprint density at radius 2 is 1.81 bits per heavy atom. The van der Waals surface area contributed by atoms with Gasteiger partial charge in [-0.15, -0.1) is 0 Å². The molecule has 21 heavy (non-hydrogen) atoms. The average molecular weight is 351 g/mol. The second kappa shape index (κ2) is 6.39. The summed E-state index contributed by atoms with van der Waals surface area (Å²) in [5, 5.41) is 3.28. The highest BCUT2D eigenvalue weighted by molar-refractivity contribution is 9.10. The molecule has 0 amide bonds. The topological polar surface area (TPSA) is 41.0 Å². The van der Waals surface area contributed by atoms with Crippen molar-refractivity contribution in [3.8, 4) is 0 Å². The van der Waals surface area contributed by atoms with Crippen LogP contribution in [0, 0.1) is 5.82 Å². The number of benzene rings is 1. The SMILES string of the molecule is Fc1ccccc1NC1CCN(c2ncc(Br)cn2)CC1. The number of anilines is 2. The lowest BCUT2D eigenvalue weighted by molar-refractivity contribution is 0.516. The van der Waals surface area contributed by atoms with Crippen LogP contribution in [0.2, 0.25) is 0 Å². The summed E-state index contributed by atoms with van der Waals surface area (Å²) in [4.78, 5) is 10.8. The van der Waals surface area contributed by atoms with E-state index in [0.717, 1.165) is 36.4 Å². The first kappa shape index (κ1) is 14.3. The summed E-state index contributed by atoms with van der Waals surface area (Å²) in [6.07, 6.45) is 5.39. The molecule has 1 aliphatic rings. The lowest BCUT2D eigenvalue weighted by Crippen LogP contribution is -2.40. The molecule has 0 spiro atoms. The molecule has 2 heterocycles. The highest BCUT2D eigenvalue weighted by Gasteiger charge is 2.21. The van der Waals surface area contributed by atoms with E-state index in [2.05, 4.69) is 36.1 Å². The van der Waals surface area contributed by atoms with Gasteiger partial charge in [0.05, 0.1) is 10.2 Å². The molecule has 0 atom stereocenters. The van der Waals surface area contributed by atoms with Crippen molar-refractivity contribution < 1.29 is 4.39 Å². The molecule has 110 valence electrons. The maximum atomic E-state index is 13.6. The first-order valence-electron chi connectivity index (χ1n) is 6.96. The molecule has 1 aromatic heterocycles. The summed E-state index contributed by atoms with van der Waals surface area (Å²) in [7, 11) is 0. The van der Waals surface area contributed by atoms with E-state index in [1.807, 2.05) is 6.07 Å². The van der Waals surface area contributed by atoms with Crippen LogP contribution >= 0.6 is 15.9 Å². The molecule has 0 saturated carbocycles. The Bertz CT molecular complexity index is 597. The predicted octanol–water partition coefficient (Wildman–Crippen LogP) is 3.46. The van der Waals surface area contributed by atoms with Gasteiger partial charge in [0.1, 0.15) is 5.82 Å². The van der Waals surface area contributed by atoms with E-state index < -0.39 is 0 Å². The molecule has 0 aliphatic carbocycles. The third-order valence-electron chi connectivity index (χ3n) is 3.62. The second-order valence-electron chi connectivity index (χ2n) is 5.09. The van der Waals surface area contributed by atoms with E-state index in [1.165, 1.54) is 6.07 Å². The normalized spacial score (nSPS) is 16.0. The zero-order valence-electron chi connectivity index (χ0n) is 11.5. The zero-order valence-corrected chi connectivity index (χ0v) is 13.1. The second-order valence-corrected chi connectivity index (χ2v) is 6.00. The third kappa shape index (κ3) is 3.50. The summed E-state index contributed by atoms with van der Waals surface area (Å²) >= 11 is 3.33. The van der Waals surface area contributed by atoms with Crippen molar-refractivity contribution in [2.45, 2.75) is 18.9 Å². The first-order valence-corrected chi connectivity index (χ1v) is 7.75. The summed E-state index contributed by atoms with van der Waals surface area (Å²) in [6, 6.07) is 7.09. The summed E-state index contributed by atoms with van der Waals surface area (Å²) < 4.78 is 14.5. The van der Waals surface area contributed by atoms with Crippen molar-refractivity contribution >= 4 is 27.6 Å². The predicted molar refractivity (Wildman–Crippen MR) is 85.0 cm³/mol. The van der Waals surface area contributed by atoms with Crippen LogP contribution in [0.4, 0.5) is 16.0 Å². The van der Waals surface area contributed by atoms with E-state index in [9.17, 15) is 4.39 Å². The van der Waals surface area contributed by atoms with Crippen LogP contribution in [0.15, 0.2) is 41.1 Å². The number of piperidine rings is 1. The summed E-state index contributed by atoms with van der Waals surface area (Å²) in [6.45, 7) is 1.74. The quantitative estimate of drug-likeness (QED) is 0.920. The smallest absolute Gasteiger partial charge is 0.225 e. The monoisotopic (exact) mass is 350 g/mol. The fourth-order valence-corrected chi connectivity index (χ4v) is 2.70. The zero-order chi connectivity index (χ0) is 14.7. The molecule has 1 aliphatic heterocycles. The molecular weight excluding hydrogens is 335 g/mol. The molecule has 3 rings (SSSR count). The fourth-order valence-electron chi connectivity index (χ4n) is 2.49. The number of para-hydroxylation sites is 1. The maximum Gasteiger partial charge on any atom is 0.225 e. The molecule has 4 nitrogen and oxygen atoms in total. The van der Waals surface area contributed by atoms with Gasteiger partial charge in [0.15, 0.2) is 0 Å². The summed E-state index contributed by atoms with van der Waals surface area (Å²) in [5.74, 6) is 0.554. The van der Waals surface area contributed by atoms with E-state index in [0.29, 0.717) is 5.69 Å². The van der Waals surface area contributed by atoms with E-state index in [1.54, 1.807) is 24.5 Å². The summed E-state index contributed by atoms with van der Waals surface area (Å²) in [5.41, 5.74) is 0.579. The number of nitrogens with one attached hydrogen (secondary N) is 1. The van der Waals surface area contributed by atoms with Crippen LogP contribution in [-0.4, -0.2) is 29.1 Å². The Morgan fingerprint density at radius 1 is 1.14 bits per heavy atom. The molecule has 1 N–H and O–H groups in total. The molecule has 1 saturated heterocycles. The molecule has 0 radical (unpaired) electrons. The van der Waals surface area contributed by atoms with Crippen molar-refractivity contribution in [3.05, 3.63) is 46.9 Å². The number of hydrogen-bond acceptors (Lipinski definition) is 4.